The number of rotatable bonds is 14. The highest BCUT2D eigenvalue weighted by Gasteiger charge is 2.39. The van der Waals surface area contributed by atoms with Crippen LogP contribution in [0, 0.1) is 5.92 Å². The third-order valence-electron chi connectivity index (χ3n) is 5.90. The van der Waals surface area contributed by atoms with Crippen molar-refractivity contribution >= 4 is 23.4 Å². The van der Waals surface area contributed by atoms with Gasteiger partial charge in [-0.2, -0.15) is 5.10 Å². The number of aliphatic hydroxyl groups is 2. The van der Waals surface area contributed by atoms with Gasteiger partial charge in [0, 0.05) is 0 Å². The summed E-state index contributed by atoms with van der Waals surface area (Å²) in [6.45, 7) is 5.08. The molecule has 0 aliphatic carbocycles. The van der Waals surface area contributed by atoms with Crippen molar-refractivity contribution in [3.8, 4) is 0 Å². The van der Waals surface area contributed by atoms with Crippen molar-refractivity contribution in [2.45, 2.75) is 83.8 Å². The maximum Gasteiger partial charge on any atom is 0.260 e. The zero-order valence-corrected chi connectivity index (χ0v) is 18.7. The van der Waals surface area contributed by atoms with E-state index in [4.69, 9.17) is 0 Å². The zero-order valence-electron chi connectivity index (χ0n) is 18.7. The van der Waals surface area contributed by atoms with E-state index in [1.54, 1.807) is 7.05 Å². The molecule has 0 spiro atoms. The highest BCUT2D eigenvalue weighted by molar-refractivity contribution is 6.07. The number of hydrogen-bond acceptors (Lipinski definition) is 7. The molecule has 0 bridgehead atoms. The topological polar surface area (TPSA) is 131 Å². The van der Waals surface area contributed by atoms with Crippen LogP contribution in [0.2, 0.25) is 0 Å². The summed E-state index contributed by atoms with van der Waals surface area (Å²) in [6.07, 6.45) is 6.06. The van der Waals surface area contributed by atoms with Gasteiger partial charge in [0.2, 0.25) is 11.8 Å². The molecule has 0 aromatic rings. The first-order chi connectivity index (χ1) is 14.3. The number of likely N-dealkylation sites (tertiary alicyclic amines) is 1. The first-order valence-corrected chi connectivity index (χ1v) is 11.0. The van der Waals surface area contributed by atoms with E-state index in [1.165, 1.54) is 0 Å². The Hall–Kier alpha value is -1.84. The van der Waals surface area contributed by atoms with Crippen molar-refractivity contribution in [2.24, 2.45) is 11.0 Å². The molecule has 0 aromatic carbocycles. The van der Waals surface area contributed by atoms with Crippen molar-refractivity contribution in [3.63, 3.8) is 0 Å². The first kappa shape index (κ1) is 26.2. The van der Waals surface area contributed by atoms with Crippen LogP contribution in [0.3, 0.4) is 0 Å². The molecule has 3 atom stereocenters. The van der Waals surface area contributed by atoms with Gasteiger partial charge in [0.15, 0.2) is 0 Å². The Morgan fingerprint density at radius 2 is 2.00 bits per heavy atom. The number of aliphatic hydroxyl groups excluding tert-OH is 1. The van der Waals surface area contributed by atoms with Gasteiger partial charge in [0.05, 0.1) is 24.8 Å². The Balaban J connectivity index is 2.78. The molecule has 1 heterocycles. The molecule has 9 heteroatoms. The van der Waals surface area contributed by atoms with E-state index in [0.29, 0.717) is 12.8 Å². The van der Waals surface area contributed by atoms with Crippen molar-refractivity contribution in [2.75, 3.05) is 20.2 Å². The molecular formula is C21H38N4O5. The second-order valence-electron chi connectivity index (χ2n) is 7.97. The molecule has 1 aliphatic rings. The molecule has 0 saturated carbocycles. The van der Waals surface area contributed by atoms with Crippen LogP contribution in [0.1, 0.15) is 72.1 Å². The van der Waals surface area contributed by atoms with E-state index < -0.39 is 42.5 Å². The Kier molecular flexibility index (Phi) is 11.1. The predicted octanol–water partition coefficient (Wildman–Crippen LogP) is 0.936. The number of hydrogen-bond donors (Lipinski definition) is 4. The minimum absolute atomic E-state index is 0.0137. The number of nitrogens with zero attached hydrogens (tertiary/aromatic N) is 2. The van der Waals surface area contributed by atoms with E-state index >= 15 is 0 Å². The molecule has 1 saturated heterocycles. The van der Waals surface area contributed by atoms with Crippen LogP contribution in [-0.4, -0.2) is 70.4 Å². The van der Waals surface area contributed by atoms with Gasteiger partial charge in [0.1, 0.15) is 12.1 Å². The minimum atomic E-state index is -1.33. The molecule has 4 N–H and O–H groups in total. The smallest absolute Gasteiger partial charge is 0.260 e. The Labute approximate surface area is 179 Å². The van der Waals surface area contributed by atoms with Gasteiger partial charge in [-0.05, 0) is 25.8 Å². The Bertz CT molecular complexity index is 625. The molecule has 172 valence electrons. The van der Waals surface area contributed by atoms with Gasteiger partial charge in [-0.15, -0.1) is 0 Å². The number of amides is 3. The highest BCUT2D eigenvalue weighted by Crippen LogP contribution is 2.28. The average molecular weight is 427 g/mol. The van der Waals surface area contributed by atoms with Crippen LogP contribution in [0.25, 0.3) is 0 Å². The van der Waals surface area contributed by atoms with Crippen molar-refractivity contribution < 1.29 is 24.6 Å². The summed E-state index contributed by atoms with van der Waals surface area (Å²) in [4.78, 5) is 37.1. The van der Waals surface area contributed by atoms with E-state index in [2.05, 4.69) is 29.7 Å². The molecule has 3 amide bonds. The van der Waals surface area contributed by atoms with Crippen molar-refractivity contribution in [1.29, 1.82) is 0 Å². The number of hydrazone groups is 1. The predicted molar refractivity (Wildman–Crippen MR) is 115 cm³/mol. The van der Waals surface area contributed by atoms with Crippen molar-refractivity contribution in [1.82, 2.24) is 15.6 Å². The molecule has 1 rings (SSSR count). The van der Waals surface area contributed by atoms with Crippen LogP contribution >= 0.6 is 0 Å². The molecule has 3 unspecified atom stereocenters. The largest absolute Gasteiger partial charge is 0.390 e. The second kappa shape index (κ2) is 12.8. The molecule has 1 fully saturated rings. The number of imide groups is 1. The minimum Gasteiger partial charge on any atom is -0.390 e. The normalized spacial score (nSPS) is 20.4. The second-order valence-corrected chi connectivity index (χ2v) is 7.97. The molecule has 0 aromatic heterocycles. The third-order valence-corrected chi connectivity index (χ3v) is 5.90. The standard InChI is InChI=1S/C21H38N4O5/c1-5-8-9-10-15(6-2)12-21(30,7-3)17(14-26)23-24-18(27)13-25-19(28)11-16(22-4)20(25)29/h15-16,22,26,30H,5-14H2,1-4H3,(H,24,27)/b23-17+. The summed E-state index contributed by atoms with van der Waals surface area (Å²) < 4.78 is 0. The van der Waals surface area contributed by atoms with Crippen LogP contribution in [0.5, 0.6) is 0 Å². The lowest BCUT2D eigenvalue weighted by Crippen LogP contribution is -2.45. The quantitative estimate of drug-likeness (QED) is 0.141. The van der Waals surface area contributed by atoms with Crippen LogP contribution in [0.15, 0.2) is 5.10 Å². The summed E-state index contributed by atoms with van der Waals surface area (Å²) in [5.41, 5.74) is 1.04. The fraction of sp³-hybridized carbons (Fsp3) is 0.810. The fourth-order valence-electron chi connectivity index (χ4n) is 3.75. The summed E-state index contributed by atoms with van der Waals surface area (Å²) in [5.74, 6) is -1.25. The Morgan fingerprint density at radius 3 is 2.50 bits per heavy atom. The van der Waals surface area contributed by atoms with Crippen molar-refractivity contribution in [3.05, 3.63) is 0 Å². The zero-order chi connectivity index (χ0) is 22.7. The molecule has 9 nitrogen and oxygen atoms in total. The van der Waals surface area contributed by atoms with Crippen LogP contribution in [-0.2, 0) is 14.4 Å². The van der Waals surface area contributed by atoms with Gasteiger partial charge in [-0.1, -0.05) is 52.9 Å². The van der Waals surface area contributed by atoms with Crippen LogP contribution in [0.4, 0.5) is 0 Å². The van der Waals surface area contributed by atoms with E-state index in [-0.39, 0.29) is 18.1 Å². The lowest BCUT2D eigenvalue weighted by atomic mass is 9.81. The SMILES string of the molecule is CCCCCC(CC)CC(O)(CC)/C(CO)=N/NC(=O)CN1C(=O)CC(NC)C1=O. The maximum absolute atomic E-state index is 12.2. The summed E-state index contributed by atoms with van der Waals surface area (Å²) in [6, 6.07) is -0.620. The number of likely N-dealkylation sites (N-methyl/N-ethyl adjacent to an activating group) is 1. The van der Waals surface area contributed by atoms with Gasteiger partial charge in [-0.3, -0.25) is 19.3 Å². The molecular weight excluding hydrogens is 388 g/mol. The number of unbranched alkanes of at least 4 members (excludes halogenated alkanes) is 2. The number of carbonyl (C=O) groups is 3. The maximum atomic E-state index is 12.2. The van der Waals surface area contributed by atoms with Gasteiger partial charge in [0.25, 0.3) is 5.91 Å². The van der Waals surface area contributed by atoms with Crippen LogP contribution < -0.4 is 10.7 Å². The van der Waals surface area contributed by atoms with Gasteiger partial charge >= 0.3 is 0 Å². The third kappa shape index (κ3) is 7.14. The fourth-order valence-corrected chi connectivity index (χ4v) is 3.75. The molecule has 1 aliphatic heterocycles. The first-order valence-electron chi connectivity index (χ1n) is 11.0. The molecule has 30 heavy (non-hydrogen) atoms. The van der Waals surface area contributed by atoms with E-state index in [9.17, 15) is 24.6 Å². The lowest BCUT2D eigenvalue weighted by molar-refractivity contribution is -0.142. The number of carbonyl (C=O) groups excluding carboxylic acids is 3. The Morgan fingerprint density at radius 1 is 1.30 bits per heavy atom. The van der Waals surface area contributed by atoms with E-state index in [0.717, 1.165) is 37.0 Å². The highest BCUT2D eigenvalue weighted by atomic mass is 16.3. The monoisotopic (exact) mass is 426 g/mol. The van der Waals surface area contributed by atoms with Gasteiger partial charge in [-0.25, -0.2) is 5.43 Å². The summed E-state index contributed by atoms with van der Waals surface area (Å²) in [7, 11) is 1.58. The number of nitrogens with one attached hydrogen (secondary N) is 2. The lowest BCUT2D eigenvalue weighted by Gasteiger charge is -2.31. The van der Waals surface area contributed by atoms with E-state index in [1.807, 2.05) is 6.92 Å². The summed E-state index contributed by atoms with van der Waals surface area (Å²) in [5, 5.41) is 27.6. The average Bonchev–Trinajstić information content (AvgIpc) is 3.00. The summed E-state index contributed by atoms with van der Waals surface area (Å²) >= 11 is 0. The van der Waals surface area contributed by atoms with Gasteiger partial charge < -0.3 is 15.5 Å². The molecule has 0 radical (unpaired) electrons.